The number of likely N-dealkylation sites (N-methyl/N-ethyl adjacent to an activating group) is 1. The fourth-order valence-corrected chi connectivity index (χ4v) is 3.15. The third-order valence-electron chi connectivity index (χ3n) is 2.96. The number of ether oxygens (including phenoxy) is 1. The number of hydrogen-bond acceptors (Lipinski definition) is 4. The van der Waals surface area contributed by atoms with Gasteiger partial charge in [0.05, 0.1) is 9.92 Å². The standard InChI is InChI=1S/C13H17ClN2O4S/c1-16(2)13(17)8-20-12-6-5-10(7-11(12)14)21(18,19)15-9-3-4-9/h5-7,9,15H,3-4,8H2,1-2H3. The fourth-order valence-electron chi connectivity index (χ4n) is 1.52. The van der Waals surface area contributed by atoms with Crippen LogP contribution in [0, 0.1) is 0 Å². The van der Waals surface area contributed by atoms with Gasteiger partial charge in [0, 0.05) is 20.1 Å². The van der Waals surface area contributed by atoms with E-state index in [9.17, 15) is 13.2 Å². The molecule has 21 heavy (non-hydrogen) atoms. The number of carbonyl (C=O) groups is 1. The maximum atomic E-state index is 12.0. The molecule has 1 N–H and O–H groups in total. The normalized spacial score (nSPS) is 14.8. The van der Waals surface area contributed by atoms with Gasteiger partial charge in [-0.05, 0) is 31.0 Å². The molecule has 6 nitrogen and oxygen atoms in total. The number of nitrogens with one attached hydrogen (secondary N) is 1. The van der Waals surface area contributed by atoms with Gasteiger partial charge in [-0.15, -0.1) is 0 Å². The van der Waals surface area contributed by atoms with Crippen LogP contribution in [0.1, 0.15) is 12.8 Å². The van der Waals surface area contributed by atoms with Gasteiger partial charge < -0.3 is 9.64 Å². The predicted molar refractivity (Wildman–Crippen MR) is 79.0 cm³/mol. The van der Waals surface area contributed by atoms with Gasteiger partial charge in [0.2, 0.25) is 10.0 Å². The minimum absolute atomic E-state index is 0.0300. The van der Waals surface area contributed by atoms with E-state index >= 15 is 0 Å². The van der Waals surface area contributed by atoms with Crippen LogP contribution in [0.3, 0.4) is 0 Å². The maximum absolute atomic E-state index is 12.0. The summed E-state index contributed by atoms with van der Waals surface area (Å²) in [6.07, 6.45) is 1.72. The minimum atomic E-state index is -3.55. The lowest BCUT2D eigenvalue weighted by molar-refractivity contribution is -0.130. The summed E-state index contributed by atoms with van der Waals surface area (Å²) in [6, 6.07) is 4.21. The molecule has 116 valence electrons. The number of nitrogens with zero attached hydrogens (tertiary/aromatic N) is 1. The summed E-state index contributed by atoms with van der Waals surface area (Å²) < 4.78 is 31.9. The van der Waals surface area contributed by atoms with Crippen LogP contribution in [0.15, 0.2) is 23.1 Å². The van der Waals surface area contributed by atoms with E-state index in [1.165, 1.54) is 23.1 Å². The van der Waals surface area contributed by atoms with Crippen molar-refractivity contribution >= 4 is 27.5 Å². The second-order valence-corrected chi connectivity index (χ2v) is 7.19. The van der Waals surface area contributed by atoms with E-state index in [-0.39, 0.29) is 34.2 Å². The molecule has 1 saturated carbocycles. The first-order valence-electron chi connectivity index (χ1n) is 6.44. The minimum Gasteiger partial charge on any atom is -0.482 e. The molecule has 0 bridgehead atoms. The van der Waals surface area contributed by atoms with Gasteiger partial charge in [-0.2, -0.15) is 0 Å². The van der Waals surface area contributed by atoms with Crippen molar-refractivity contribution < 1.29 is 17.9 Å². The third kappa shape index (κ3) is 4.33. The number of halogens is 1. The maximum Gasteiger partial charge on any atom is 0.259 e. The van der Waals surface area contributed by atoms with E-state index in [2.05, 4.69) is 4.72 Å². The highest BCUT2D eigenvalue weighted by Crippen LogP contribution is 2.28. The summed E-state index contributed by atoms with van der Waals surface area (Å²) in [5.41, 5.74) is 0. The van der Waals surface area contributed by atoms with Crippen molar-refractivity contribution in [2.24, 2.45) is 0 Å². The molecule has 2 rings (SSSR count). The molecule has 1 aromatic rings. The molecule has 1 fully saturated rings. The third-order valence-corrected chi connectivity index (χ3v) is 4.78. The van der Waals surface area contributed by atoms with Crippen LogP contribution < -0.4 is 9.46 Å². The summed E-state index contributed by atoms with van der Waals surface area (Å²) in [6.45, 7) is -0.154. The van der Waals surface area contributed by atoms with E-state index in [1.54, 1.807) is 14.1 Å². The summed E-state index contributed by atoms with van der Waals surface area (Å²) in [5, 5.41) is 0.153. The molecular weight excluding hydrogens is 316 g/mol. The smallest absolute Gasteiger partial charge is 0.259 e. The summed E-state index contributed by atoms with van der Waals surface area (Å²) in [5.74, 6) is 0.0652. The van der Waals surface area contributed by atoms with Gasteiger partial charge in [0.15, 0.2) is 6.61 Å². The van der Waals surface area contributed by atoms with Gasteiger partial charge in [-0.3, -0.25) is 4.79 Å². The van der Waals surface area contributed by atoms with E-state index in [4.69, 9.17) is 16.3 Å². The Morgan fingerprint density at radius 1 is 1.43 bits per heavy atom. The lowest BCUT2D eigenvalue weighted by Crippen LogP contribution is -2.27. The number of rotatable bonds is 6. The number of benzene rings is 1. The molecule has 1 aromatic carbocycles. The van der Waals surface area contributed by atoms with Crippen molar-refractivity contribution in [3.05, 3.63) is 23.2 Å². The topological polar surface area (TPSA) is 75.7 Å². The van der Waals surface area contributed by atoms with E-state index < -0.39 is 10.0 Å². The highest BCUT2D eigenvalue weighted by Gasteiger charge is 2.28. The highest BCUT2D eigenvalue weighted by molar-refractivity contribution is 7.89. The van der Waals surface area contributed by atoms with E-state index in [0.717, 1.165) is 12.8 Å². The number of sulfonamides is 1. The predicted octanol–water partition coefficient (Wildman–Crippen LogP) is 1.25. The molecule has 0 spiro atoms. The lowest BCUT2D eigenvalue weighted by atomic mass is 10.3. The highest BCUT2D eigenvalue weighted by atomic mass is 35.5. The summed E-state index contributed by atoms with van der Waals surface area (Å²) >= 11 is 6.01. The van der Waals surface area contributed by atoms with Crippen molar-refractivity contribution in [3.63, 3.8) is 0 Å². The molecule has 0 saturated heterocycles. The Kier molecular flexibility index (Phi) is 4.75. The Balaban J connectivity index is 2.08. The van der Waals surface area contributed by atoms with Gasteiger partial charge in [0.1, 0.15) is 5.75 Å². The largest absolute Gasteiger partial charge is 0.482 e. The second kappa shape index (κ2) is 6.21. The first-order chi connectivity index (χ1) is 9.79. The van der Waals surface area contributed by atoms with E-state index in [0.29, 0.717) is 0 Å². The summed E-state index contributed by atoms with van der Waals surface area (Å²) in [7, 11) is -0.311. The van der Waals surface area contributed by atoms with Crippen molar-refractivity contribution in [2.45, 2.75) is 23.8 Å². The number of carbonyl (C=O) groups excluding carboxylic acids is 1. The van der Waals surface area contributed by atoms with Crippen LogP contribution in [-0.2, 0) is 14.8 Å². The summed E-state index contributed by atoms with van der Waals surface area (Å²) in [4.78, 5) is 12.9. The Hall–Kier alpha value is -1.31. The Morgan fingerprint density at radius 2 is 2.10 bits per heavy atom. The molecule has 0 radical (unpaired) electrons. The zero-order valence-corrected chi connectivity index (χ0v) is 13.4. The van der Waals surface area contributed by atoms with Gasteiger partial charge in [0.25, 0.3) is 5.91 Å². The average Bonchev–Trinajstić information content (AvgIpc) is 3.19. The van der Waals surface area contributed by atoms with Crippen molar-refractivity contribution in [2.75, 3.05) is 20.7 Å². The fraction of sp³-hybridized carbons (Fsp3) is 0.462. The molecule has 0 unspecified atom stereocenters. The van der Waals surface area contributed by atoms with Crippen molar-refractivity contribution in [3.8, 4) is 5.75 Å². The van der Waals surface area contributed by atoms with Crippen LogP contribution in [0.25, 0.3) is 0 Å². The SMILES string of the molecule is CN(C)C(=O)COc1ccc(S(=O)(=O)NC2CC2)cc1Cl. The van der Waals surface area contributed by atoms with Crippen molar-refractivity contribution in [1.29, 1.82) is 0 Å². The Labute approximate surface area is 129 Å². The molecule has 1 amide bonds. The molecule has 8 heteroatoms. The van der Waals surface area contributed by atoms with Crippen LogP contribution >= 0.6 is 11.6 Å². The van der Waals surface area contributed by atoms with Crippen LogP contribution in [0.5, 0.6) is 5.75 Å². The lowest BCUT2D eigenvalue weighted by Gasteiger charge is -2.13. The Bertz CT molecular complexity index is 642. The number of hydrogen-bond donors (Lipinski definition) is 1. The average molecular weight is 333 g/mol. The van der Waals surface area contributed by atoms with Crippen LogP contribution in [0.2, 0.25) is 5.02 Å². The van der Waals surface area contributed by atoms with Gasteiger partial charge >= 0.3 is 0 Å². The van der Waals surface area contributed by atoms with Crippen molar-refractivity contribution in [1.82, 2.24) is 9.62 Å². The van der Waals surface area contributed by atoms with Gasteiger partial charge in [-0.1, -0.05) is 11.6 Å². The zero-order chi connectivity index (χ0) is 15.6. The zero-order valence-electron chi connectivity index (χ0n) is 11.8. The second-order valence-electron chi connectivity index (χ2n) is 5.06. The van der Waals surface area contributed by atoms with E-state index in [1.807, 2.05) is 0 Å². The Morgan fingerprint density at radius 3 is 2.62 bits per heavy atom. The molecular formula is C13H17ClN2O4S. The molecule has 0 aromatic heterocycles. The molecule has 0 aliphatic heterocycles. The van der Waals surface area contributed by atoms with Crippen LogP contribution in [0.4, 0.5) is 0 Å². The quantitative estimate of drug-likeness (QED) is 0.850. The number of amides is 1. The van der Waals surface area contributed by atoms with Crippen LogP contribution in [-0.4, -0.2) is 46.0 Å². The monoisotopic (exact) mass is 332 g/mol. The first-order valence-corrected chi connectivity index (χ1v) is 8.30. The molecule has 1 aliphatic rings. The first kappa shape index (κ1) is 16.1. The molecule has 1 aliphatic carbocycles. The van der Waals surface area contributed by atoms with Gasteiger partial charge in [-0.25, -0.2) is 13.1 Å². The molecule has 0 atom stereocenters. The molecule has 0 heterocycles.